The number of Topliss-reactive ketones (excluding diaryl/α,β-unsaturated/α-hetero) is 1. The first-order valence-electron chi connectivity index (χ1n) is 9.98. The van der Waals surface area contributed by atoms with E-state index in [-0.39, 0.29) is 23.0 Å². The zero-order chi connectivity index (χ0) is 21.3. The molecule has 29 heavy (non-hydrogen) atoms. The monoisotopic (exact) mass is 394 g/mol. The van der Waals surface area contributed by atoms with E-state index in [2.05, 4.69) is 37.2 Å². The van der Waals surface area contributed by atoms with Crippen LogP contribution in [0.15, 0.2) is 36.4 Å². The van der Waals surface area contributed by atoms with E-state index in [1.807, 2.05) is 26.0 Å². The molecule has 1 N–H and O–H groups in total. The molecule has 0 fully saturated rings. The summed E-state index contributed by atoms with van der Waals surface area (Å²) >= 11 is 0. The summed E-state index contributed by atoms with van der Waals surface area (Å²) in [7, 11) is 3.64. The van der Waals surface area contributed by atoms with Gasteiger partial charge in [-0.3, -0.25) is 9.59 Å². The van der Waals surface area contributed by atoms with Crippen LogP contribution in [0.2, 0.25) is 0 Å². The molecule has 1 amide bonds. The Hall–Kier alpha value is -2.66. The van der Waals surface area contributed by atoms with Gasteiger partial charge in [0.25, 0.3) is 5.91 Å². The van der Waals surface area contributed by atoms with Crippen LogP contribution in [-0.4, -0.2) is 37.3 Å². The van der Waals surface area contributed by atoms with Gasteiger partial charge < -0.3 is 15.0 Å². The summed E-state index contributed by atoms with van der Waals surface area (Å²) in [4.78, 5) is 27.6. The number of carbonyl (C=O) groups excluding carboxylic acids is 2. The van der Waals surface area contributed by atoms with E-state index >= 15 is 0 Å². The Kier molecular flexibility index (Phi) is 5.80. The molecule has 154 valence electrons. The fraction of sp³-hybridized carbons (Fsp3) is 0.417. The van der Waals surface area contributed by atoms with Crippen molar-refractivity contribution in [3.63, 3.8) is 0 Å². The SMILES string of the molecule is COc1ccc(C(=O)Nc2ccc3c(c2)CN(C)CC3(C)C)cc1C(=O)C(C)C. The van der Waals surface area contributed by atoms with Crippen molar-refractivity contribution in [2.45, 2.75) is 39.7 Å². The standard InChI is InChI=1S/C24H30N2O3/c1-15(2)22(27)19-12-16(7-10-21(19)29-6)23(28)25-18-8-9-20-17(11-18)13-26(5)14-24(20,3)4/h7-12,15H,13-14H2,1-6H3,(H,25,28). The molecule has 5 heteroatoms. The first kappa shape index (κ1) is 21.1. The van der Waals surface area contributed by atoms with E-state index in [0.717, 1.165) is 18.8 Å². The third-order valence-electron chi connectivity index (χ3n) is 5.45. The average molecular weight is 395 g/mol. The van der Waals surface area contributed by atoms with Crippen molar-refractivity contribution in [2.24, 2.45) is 5.92 Å². The van der Waals surface area contributed by atoms with E-state index in [0.29, 0.717) is 16.9 Å². The second kappa shape index (κ2) is 7.99. The molecule has 0 radical (unpaired) electrons. The van der Waals surface area contributed by atoms with Crippen molar-refractivity contribution >= 4 is 17.4 Å². The highest BCUT2D eigenvalue weighted by Gasteiger charge is 2.30. The van der Waals surface area contributed by atoms with Crippen LogP contribution in [0.1, 0.15) is 59.5 Å². The van der Waals surface area contributed by atoms with Crippen LogP contribution in [0.25, 0.3) is 0 Å². The minimum Gasteiger partial charge on any atom is -0.496 e. The number of amides is 1. The number of hydrogen-bond acceptors (Lipinski definition) is 4. The molecule has 3 rings (SSSR count). The molecule has 0 spiro atoms. The Morgan fingerprint density at radius 3 is 2.52 bits per heavy atom. The van der Waals surface area contributed by atoms with E-state index in [1.54, 1.807) is 18.2 Å². The van der Waals surface area contributed by atoms with Crippen molar-refractivity contribution in [2.75, 3.05) is 26.0 Å². The number of benzene rings is 2. The fourth-order valence-corrected chi connectivity index (χ4v) is 4.13. The lowest BCUT2D eigenvalue weighted by molar-refractivity contribution is 0.0936. The van der Waals surface area contributed by atoms with Gasteiger partial charge in [0.05, 0.1) is 12.7 Å². The molecule has 1 aliphatic heterocycles. The molecule has 0 aliphatic carbocycles. The minimum atomic E-state index is -0.242. The van der Waals surface area contributed by atoms with Gasteiger partial charge in [-0.05, 0) is 48.5 Å². The highest BCUT2D eigenvalue weighted by Crippen LogP contribution is 2.34. The number of ether oxygens (including phenoxy) is 1. The molecule has 2 aromatic carbocycles. The van der Waals surface area contributed by atoms with E-state index in [4.69, 9.17) is 4.74 Å². The number of hydrogen-bond donors (Lipinski definition) is 1. The third-order valence-corrected chi connectivity index (χ3v) is 5.45. The summed E-state index contributed by atoms with van der Waals surface area (Å²) in [6, 6.07) is 11.1. The van der Waals surface area contributed by atoms with Crippen LogP contribution in [-0.2, 0) is 12.0 Å². The lowest BCUT2D eigenvalue weighted by atomic mass is 9.78. The summed E-state index contributed by atoms with van der Waals surface area (Å²) in [6.07, 6.45) is 0. The molecule has 2 aromatic rings. The van der Waals surface area contributed by atoms with Crippen molar-refractivity contribution in [1.82, 2.24) is 4.90 Å². The number of nitrogens with one attached hydrogen (secondary N) is 1. The van der Waals surface area contributed by atoms with Crippen molar-refractivity contribution in [3.8, 4) is 5.75 Å². The molecular formula is C24H30N2O3. The minimum absolute atomic E-state index is 0.0458. The Morgan fingerprint density at radius 1 is 1.14 bits per heavy atom. The van der Waals surface area contributed by atoms with Crippen LogP contribution < -0.4 is 10.1 Å². The first-order valence-corrected chi connectivity index (χ1v) is 9.98. The lowest BCUT2D eigenvalue weighted by Gasteiger charge is -2.38. The highest BCUT2D eigenvalue weighted by molar-refractivity contribution is 6.07. The maximum Gasteiger partial charge on any atom is 0.255 e. The Morgan fingerprint density at radius 2 is 1.86 bits per heavy atom. The van der Waals surface area contributed by atoms with E-state index < -0.39 is 0 Å². The first-order chi connectivity index (χ1) is 13.6. The zero-order valence-electron chi connectivity index (χ0n) is 18.1. The Labute approximate surface area is 173 Å². The molecule has 0 aromatic heterocycles. The number of rotatable bonds is 5. The fourth-order valence-electron chi connectivity index (χ4n) is 4.13. The summed E-state index contributed by atoms with van der Waals surface area (Å²) < 4.78 is 5.30. The zero-order valence-corrected chi connectivity index (χ0v) is 18.1. The van der Waals surface area contributed by atoms with Crippen LogP contribution >= 0.6 is 0 Å². The molecule has 0 bridgehead atoms. The normalized spacial score (nSPS) is 15.7. The van der Waals surface area contributed by atoms with Crippen molar-refractivity contribution in [1.29, 1.82) is 0 Å². The number of likely N-dealkylation sites (N-methyl/N-ethyl adjacent to an activating group) is 1. The van der Waals surface area contributed by atoms with Gasteiger partial charge in [-0.2, -0.15) is 0 Å². The molecule has 0 atom stereocenters. The highest BCUT2D eigenvalue weighted by atomic mass is 16.5. The maximum absolute atomic E-state index is 12.8. The predicted octanol–water partition coefficient (Wildman–Crippen LogP) is 4.51. The molecular weight excluding hydrogens is 364 g/mol. The summed E-state index contributed by atoms with van der Waals surface area (Å²) in [6.45, 7) is 10.0. The third kappa shape index (κ3) is 4.35. The quantitative estimate of drug-likeness (QED) is 0.758. The molecule has 1 heterocycles. The van der Waals surface area contributed by atoms with Crippen LogP contribution in [0.3, 0.4) is 0 Å². The van der Waals surface area contributed by atoms with Gasteiger partial charge in [0.15, 0.2) is 5.78 Å². The number of ketones is 1. The summed E-state index contributed by atoms with van der Waals surface area (Å²) in [5, 5.41) is 2.97. The molecule has 1 aliphatic rings. The lowest BCUT2D eigenvalue weighted by Crippen LogP contribution is -2.39. The molecule has 5 nitrogen and oxygen atoms in total. The second-order valence-corrected chi connectivity index (χ2v) is 8.82. The van der Waals surface area contributed by atoms with Crippen LogP contribution in [0.4, 0.5) is 5.69 Å². The maximum atomic E-state index is 12.8. The van der Waals surface area contributed by atoms with Gasteiger partial charge in [0.1, 0.15) is 5.75 Å². The van der Waals surface area contributed by atoms with E-state index in [1.165, 1.54) is 18.2 Å². The number of nitrogens with zero attached hydrogens (tertiary/aromatic N) is 1. The van der Waals surface area contributed by atoms with Crippen molar-refractivity contribution < 1.29 is 14.3 Å². The van der Waals surface area contributed by atoms with E-state index in [9.17, 15) is 9.59 Å². The number of anilines is 1. The van der Waals surface area contributed by atoms with Gasteiger partial charge in [0.2, 0.25) is 0 Å². The van der Waals surface area contributed by atoms with Gasteiger partial charge in [-0.15, -0.1) is 0 Å². The largest absolute Gasteiger partial charge is 0.496 e. The van der Waals surface area contributed by atoms with Crippen molar-refractivity contribution in [3.05, 3.63) is 58.7 Å². The number of fused-ring (bicyclic) bond motifs is 1. The van der Waals surface area contributed by atoms with Crippen LogP contribution in [0, 0.1) is 5.92 Å². The second-order valence-electron chi connectivity index (χ2n) is 8.82. The van der Waals surface area contributed by atoms with Gasteiger partial charge >= 0.3 is 0 Å². The smallest absolute Gasteiger partial charge is 0.255 e. The van der Waals surface area contributed by atoms with Gasteiger partial charge in [0, 0.05) is 35.7 Å². The molecule has 0 saturated heterocycles. The number of carbonyl (C=O) groups is 2. The van der Waals surface area contributed by atoms with Gasteiger partial charge in [-0.25, -0.2) is 0 Å². The molecule has 0 saturated carbocycles. The molecule has 0 unspecified atom stereocenters. The predicted molar refractivity (Wildman–Crippen MR) is 116 cm³/mol. The summed E-state index contributed by atoms with van der Waals surface area (Å²) in [5.74, 6) is 0.0203. The van der Waals surface area contributed by atoms with Gasteiger partial charge in [-0.1, -0.05) is 33.8 Å². The Balaban J connectivity index is 1.87. The average Bonchev–Trinajstić information content (AvgIpc) is 2.65. The number of methoxy groups -OCH3 is 1. The Bertz CT molecular complexity index is 947. The summed E-state index contributed by atoms with van der Waals surface area (Å²) in [5.41, 5.74) is 4.25. The topological polar surface area (TPSA) is 58.6 Å². The van der Waals surface area contributed by atoms with Crippen LogP contribution in [0.5, 0.6) is 5.75 Å².